The number of carbonyl (C=O) groups excluding carboxylic acids is 3. The van der Waals surface area contributed by atoms with Gasteiger partial charge in [-0.05, 0) is 40.2 Å². The average molecular weight is 640 g/mol. The number of amides is 3. The molecule has 1 unspecified atom stereocenters. The minimum absolute atomic E-state index is 0.0405. The van der Waals surface area contributed by atoms with Crippen molar-refractivity contribution in [2.24, 2.45) is 15.7 Å². The van der Waals surface area contributed by atoms with Crippen LogP contribution in [0.3, 0.4) is 0 Å². The zero-order chi connectivity index (χ0) is 28.8. The summed E-state index contributed by atoms with van der Waals surface area (Å²) >= 11 is 9.39. The van der Waals surface area contributed by atoms with E-state index in [0.29, 0.717) is 38.0 Å². The molecule has 2 aliphatic heterocycles. The lowest BCUT2D eigenvalue weighted by atomic mass is 9.97. The number of rotatable bonds is 6. The van der Waals surface area contributed by atoms with E-state index in [-0.39, 0.29) is 31.0 Å². The molecule has 1 aliphatic carbocycles. The SMILES string of the molecule is NC(=O)c1nn(CC(=O)N2C[C@H](F)C[C@H]2C(=O)Nc2cccc(Br)n2)c2c1C=CC1N=C(c3cccc(Cl)c3)N=C21. The summed E-state index contributed by atoms with van der Waals surface area (Å²) in [5.41, 5.74) is 7.54. The Morgan fingerprint density at radius 3 is 2.76 bits per heavy atom. The summed E-state index contributed by atoms with van der Waals surface area (Å²) in [6.07, 6.45) is 1.89. The second-order valence-corrected chi connectivity index (χ2v) is 10.9. The quantitative estimate of drug-likeness (QED) is 0.398. The number of nitrogens with one attached hydrogen (secondary N) is 1. The van der Waals surface area contributed by atoms with Crippen LogP contribution in [0.25, 0.3) is 6.08 Å². The van der Waals surface area contributed by atoms with Crippen molar-refractivity contribution >= 4 is 68.7 Å². The Morgan fingerprint density at radius 1 is 1.20 bits per heavy atom. The molecule has 3 aromatic rings. The fourth-order valence-electron chi connectivity index (χ4n) is 5.10. The molecule has 1 aromatic carbocycles. The number of aromatic nitrogens is 3. The summed E-state index contributed by atoms with van der Waals surface area (Å²) in [5.74, 6) is -1.21. The summed E-state index contributed by atoms with van der Waals surface area (Å²) in [6.45, 7) is -0.645. The molecule has 0 bridgehead atoms. The molecule has 1 fully saturated rings. The number of pyridine rings is 1. The number of anilines is 1. The fourth-order valence-corrected chi connectivity index (χ4v) is 5.63. The van der Waals surface area contributed by atoms with Crippen molar-refractivity contribution in [3.05, 3.63) is 80.7 Å². The molecule has 208 valence electrons. The summed E-state index contributed by atoms with van der Waals surface area (Å²) in [5, 5.41) is 7.49. The van der Waals surface area contributed by atoms with Crippen molar-refractivity contribution in [3.8, 4) is 0 Å². The molecule has 11 nitrogen and oxygen atoms in total. The number of nitrogens with two attached hydrogens (primary N) is 1. The first-order valence-electron chi connectivity index (χ1n) is 12.6. The van der Waals surface area contributed by atoms with E-state index in [9.17, 15) is 18.8 Å². The van der Waals surface area contributed by atoms with Gasteiger partial charge in [-0.1, -0.05) is 42.0 Å². The van der Waals surface area contributed by atoms with Gasteiger partial charge in [0.05, 0.1) is 18.0 Å². The van der Waals surface area contributed by atoms with Crippen LogP contribution in [-0.4, -0.2) is 73.7 Å². The van der Waals surface area contributed by atoms with Crippen molar-refractivity contribution in [2.45, 2.75) is 31.2 Å². The predicted octanol–water partition coefficient (Wildman–Crippen LogP) is 3.02. The Balaban J connectivity index is 1.29. The molecular formula is C27H21BrClFN8O3. The Labute approximate surface area is 246 Å². The molecule has 3 amide bonds. The Morgan fingerprint density at radius 2 is 2.00 bits per heavy atom. The number of fused-ring (bicyclic) bond motifs is 3. The number of nitrogens with zero attached hydrogens (tertiary/aromatic N) is 6. The second kappa shape index (κ2) is 10.6. The van der Waals surface area contributed by atoms with Crippen LogP contribution in [0.5, 0.6) is 0 Å². The van der Waals surface area contributed by atoms with E-state index in [1.165, 1.54) is 9.58 Å². The van der Waals surface area contributed by atoms with Gasteiger partial charge in [0.15, 0.2) is 11.5 Å². The van der Waals surface area contributed by atoms with Crippen molar-refractivity contribution in [1.82, 2.24) is 19.7 Å². The first-order valence-corrected chi connectivity index (χ1v) is 13.7. The van der Waals surface area contributed by atoms with Gasteiger partial charge < -0.3 is 16.0 Å². The van der Waals surface area contributed by atoms with E-state index < -0.39 is 36.0 Å². The number of hydrogen-bond acceptors (Lipinski definition) is 7. The lowest BCUT2D eigenvalue weighted by Crippen LogP contribution is -2.45. The molecule has 0 radical (unpaired) electrons. The Hall–Kier alpha value is -4.23. The van der Waals surface area contributed by atoms with E-state index in [1.807, 2.05) is 6.07 Å². The van der Waals surface area contributed by atoms with Gasteiger partial charge in [-0.15, -0.1) is 0 Å². The fraction of sp³-hybridized carbons (Fsp3) is 0.222. The molecule has 0 saturated carbocycles. The second-order valence-electron chi connectivity index (χ2n) is 9.63. The number of alkyl halides is 1. The van der Waals surface area contributed by atoms with Crippen LogP contribution in [0, 0.1) is 0 Å². The summed E-state index contributed by atoms with van der Waals surface area (Å²) in [7, 11) is 0. The van der Waals surface area contributed by atoms with Gasteiger partial charge in [0.25, 0.3) is 5.91 Å². The van der Waals surface area contributed by atoms with E-state index in [1.54, 1.807) is 48.6 Å². The zero-order valence-electron chi connectivity index (χ0n) is 21.2. The van der Waals surface area contributed by atoms with E-state index in [2.05, 4.69) is 36.3 Å². The number of primary amides is 1. The highest BCUT2D eigenvalue weighted by Gasteiger charge is 2.41. The van der Waals surface area contributed by atoms with Gasteiger partial charge in [-0.2, -0.15) is 5.10 Å². The predicted molar refractivity (Wildman–Crippen MR) is 154 cm³/mol. The largest absolute Gasteiger partial charge is 0.364 e. The maximum atomic E-state index is 14.5. The van der Waals surface area contributed by atoms with Gasteiger partial charge in [0.1, 0.15) is 35.2 Å². The van der Waals surface area contributed by atoms with Gasteiger partial charge in [-0.25, -0.2) is 14.4 Å². The van der Waals surface area contributed by atoms with Crippen molar-refractivity contribution in [3.63, 3.8) is 0 Å². The number of benzene rings is 1. The molecule has 0 spiro atoms. The van der Waals surface area contributed by atoms with E-state index in [0.717, 1.165) is 0 Å². The Kier molecular flexibility index (Phi) is 6.99. The molecule has 3 aliphatic rings. The van der Waals surface area contributed by atoms with Gasteiger partial charge >= 0.3 is 0 Å². The summed E-state index contributed by atoms with van der Waals surface area (Å²) in [4.78, 5) is 53.5. The maximum absolute atomic E-state index is 14.5. The standard InChI is InChI=1S/C27H21BrClFN8O3/c28-19-5-2-6-20(33-19)34-27(41)18-10-15(30)11-37(18)21(39)12-38-24-16(22(36-38)25(31)40)7-8-17-23(24)35-26(32-17)13-3-1-4-14(29)9-13/h1-9,15,17-18H,10-12H2,(H2,31,40)(H,33,34,41)/t15-,17?,18+/m1/s1. The van der Waals surface area contributed by atoms with E-state index in [4.69, 9.17) is 22.3 Å². The highest BCUT2D eigenvalue weighted by molar-refractivity contribution is 9.10. The van der Waals surface area contributed by atoms with Crippen LogP contribution in [0.2, 0.25) is 5.02 Å². The topological polar surface area (TPSA) is 148 Å². The zero-order valence-corrected chi connectivity index (χ0v) is 23.5. The number of aliphatic imine (C=N–C) groups is 2. The summed E-state index contributed by atoms with van der Waals surface area (Å²) < 4.78 is 16.4. The smallest absolute Gasteiger partial charge is 0.269 e. The third-order valence-electron chi connectivity index (χ3n) is 6.89. The lowest BCUT2D eigenvalue weighted by molar-refractivity contribution is -0.137. The normalized spacial score (nSPS) is 20.8. The highest BCUT2D eigenvalue weighted by Crippen LogP contribution is 2.30. The number of amidine groups is 1. The number of halogens is 3. The van der Waals surface area contributed by atoms with Gasteiger partial charge in [-0.3, -0.25) is 24.1 Å². The molecular weight excluding hydrogens is 619 g/mol. The number of carbonyl (C=O) groups is 3. The van der Waals surface area contributed by atoms with Crippen LogP contribution in [0.4, 0.5) is 10.2 Å². The number of likely N-dealkylation sites (tertiary alicyclic amines) is 1. The molecule has 1 saturated heterocycles. The summed E-state index contributed by atoms with van der Waals surface area (Å²) in [6, 6.07) is 10.5. The average Bonchev–Trinajstić information content (AvgIpc) is 3.63. The van der Waals surface area contributed by atoms with Crippen LogP contribution in [0.15, 0.2) is 63.1 Å². The van der Waals surface area contributed by atoms with Crippen LogP contribution >= 0.6 is 27.5 Å². The third kappa shape index (κ3) is 5.18. The van der Waals surface area contributed by atoms with E-state index >= 15 is 0 Å². The lowest BCUT2D eigenvalue weighted by Gasteiger charge is -2.24. The van der Waals surface area contributed by atoms with Crippen molar-refractivity contribution < 1.29 is 18.8 Å². The van der Waals surface area contributed by atoms with Crippen LogP contribution in [0.1, 0.15) is 33.7 Å². The first-order chi connectivity index (χ1) is 19.7. The van der Waals surface area contributed by atoms with Crippen LogP contribution in [-0.2, 0) is 16.1 Å². The maximum Gasteiger partial charge on any atom is 0.269 e. The van der Waals surface area contributed by atoms with Crippen LogP contribution < -0.4 is 11.1 Å². The van der Waals surface area contributed by atoms with Crippen molar-refractivity contribution in [2.75, 3.05) is 11.9 Å². The molecule has 2 aromatic heterocycles. The molecule has 3 atom stereocenters. The molecule has 4 heterocycles. The van der Waals surface area contributed by atoms with Gasteiger partial charge in [0, 0.05) is 22.6 Å². The third-order valence-corrected chi connectivity index (χ3v) is 7.56. The first kappa shape index (κ1) is 27.0. The highest BCUT2D eigenvalue weighted by atomic mass is 79.9. The number of hydrogen-bond donors (Lipinski definition) is 2. The minimum Gasteiger partial charge on any atom is -0.364 e. The monoisotopic (exact) mass is 638 g/mol. The van der Waals surface area contributed by atoms with Crippen molar-refractivity contribution in [1.29, 1.82) is 0 Å². The minimum atomic E-state index is -1.39. The molecule has 3 N–H and O–H groups in total. The molecule has 41 heavy (non-hydrogen) atoms. The molecule has 6 rings (SSSR count). The van der Waals surface area contributed by atoms with Gasteiger partial charge in [0.2, 0.25) is 11.8 Å². The molecule has 14 heteroatoms. The Bertz CT molecular complexity index is 1700.